The van der Waals surface area contributed by atoms with Gasteiger partial charge in [-0.15, -0.1) is 0 Å². The van der Waals surface area contributed by atoms with Crippen LogP contribution in [-0.4, -0.2) is 35.1 Å². The number of carboxylic acid groups (broad SMARTS) is 1. The molecule has 0 heterocycles. The van der Waals surface area contributed by atoms with Crippen molar-refractivity contribution in [3.05, 3.63) is 35.9 Å². The molecule has 0 bridgehead atoms. The molecule has 3 heteroatoms. The van der Waals surface area contributed by atoms with Crippen molar-refractivity contribution in [2.75, 3.05) is 13.1 Å². The number of carboxylic acids is 1. The third kappa shape index (κ3) is 5.88. The number of hydrogen-bond acceptors (Lipinski definition) is 2. The molecule has 0 aliphatic heterocycles. The summed E-state index contributed by atoms with van der Waals surface area (Å²) in [6.07, 6.45) is 4.30. The van der Waals surface area contributed by atoms with Gasteiger partial charge < -0.3 is 5.11 Å². The predicted molar refractivity (Wildman–Crippen MR) is 78.3 cm³/mol. The highest BCUT2D eigenvalue weighted by Gasteiger charge is 2.19. The number of hydrogen-bond donors (Lipinski definition) is 1. The van der Waals surface area contributed by atoms with Crippen molar-refractivity contribution in [2.45, 2.75) is 45.6 Å². The molecule has 0 radical (unpaired) electrons. The van der Waals surface area contributed by atoms with Crippen molar-refractivity contribution in [1.82, 2.24) is 4.90 Å². The molecule has 1 aromatic carbocycles. The average Bonchev–Trinajstić information content (AvgIpc) is 2.43. The molecule has 0 spiro atoms. The lowest BCUT2D eigenvalue weighted by Crippen LogP contribution is -2.40. The molecule has 106 valence electrons. The molecule has 0 aliphatic carbocycles. The number of aliphatic carboxylic acids is 1. The average molecular weight is 263 g/mol. The summed E-state index contributed by atoms with van der Waals surface area (Å²) in [5.74, 6) is -0.732. The summed E-state index contributed by atoms with van der Waals surface area (Å²) in [6, 6.07) is 9.84. The largest absolute Gasteiger partial charge is 0.480 e. The molecule has 0 fully saturated rings. The topological polar surface area (TPSA) is 40.5 Å². The van der Waals surface area contributed by atoms with E-state index in [1.807, 2.05) is 18.2 Å². The first-order valence-corrected chi connectivity index (χ1v) is 7.16. The molecule has 19 heavy (non-hydrogen) atoms. The first-order chi connectivity index (χ1) is 9.15. The Morgan fingerprint density at radius 2 is 1.89 bits per heavy atom. The molecule has 0 aliphatic rings. The van der Waals surface area contributed by atoms with Crippen molar-refractivity contribution in [2.24, 2.45) is 0 Å². The Morgan fingerprint density at radius 1 is 1.21 bits per heavy atom. The molecular formula is C16H25NO2. The number of nitrogens with zero attached hydrogens (tertiary/aromatic N) is 1. The molecule has 0 saturated carbocycles. The lowest BCUT2D eigenvalue weighted by Gasteiger charge is -2.26. The van der Waals surface area contributed by atoms with E-state index in [-0.39, 0.29) is 0 Å². The van der Waals surface area contributed by atoms with Gasteiger partial charge in [-0.05, 0) is 31.9 Å². The van der Waals surface area contributed by atoms with Crippen LogP contribution in [0.1, 0.15) is 38.7 Å². The minimum atomic E-state index is -0.732. The van der Waals surface area contributed by atoms with E-state index in [4.69, 9.17) is 5.11 Å². The molecule has 0 unspecified atom stereocenters. The fraction of sp³-hybridized carbons (Fsp3) is 0.562. The quantitative estimate of drug-likeness (QED) is 0.696. The minimum Gasteiger partial charge on any atom is -0.480 e. The van der Waals surface area contributed by atoms with E-state index in [0.717, 1.165) is 38.8 Å². The highest BCUT2D eigenvalue weighted by molar-refractivity contribution is 5.72. The van der Waals surface area contributed by atoms with Crippen LogP contribution in [0.5, 0.6) is 0 Å². The SMILES string of the molecule is CCCCCN(CCc1ccccc1)[C@@H](C)C(=O)O. The van der Waals surface area contributed by atoms with Crippen molar-refractivity contribution < 1.29 is 9.90 Å². The molecule has 1 N–H and O–H groups in total. The van der Waals surface area contributed by atoms with E-state index < -0.39 is 12.0 Å². The van der Waals surface area contributed by atoms with Crippen LogP contribution in [-0.2, 0) is 11.2 Å². The summed E-state index contributed by atoms with van der Waals surface area (Å²) in [7, 11) is 0. The zero-order chi connectivity index (χ0) is 14.1. The first kappa shape index (κ1) is 15.7. The number of benzene rings is 1. The zero-order valence-electron chi connectivity index (χ0n) is 12.0. The van der Waals surface area contributed by atoms with Crippen molar-refractivity contribution in [3.63, 3.8) is 0 Å². The fourth-order valence-corrected chi connectivity index (χ4v) is 2.14. The van der Waals surface area contributed by atoms with E-state index >= 15 is 0 Å². The normalized spacial score (nSPS) is 12.6. The highest BCUT2D eigenvalue weighted by Crippen LogP contribution is 2.07. The van der Waals surface area contributed by atoms with Gasteiger partial charge >= 0.3 is 5.97 Å². The molecule has 3 nitrogen and oxygen atoms in total. The van der Waals surface area contributed by atoms with Gasteiger partial charge in [0.1, 0.15) is 6.04 Å². The van der Waals surface area contributed by atoms with Crippen LogP contribution < -0.4 is 0 Å². The smallest absolute Gasteiger partial charge is 0.320 e. The molecule has 0 saturated heterocycles. The summed E-state index contributed by atoms with van der Waals surface area (Å²) < 4.78 is 0. The van der Waals surface area contributed by atoms with E-state index in [1.165, 1.54) is 5.56 Å². The van der Waals surface area contributed by atoms with E-state index in [2.05, 4.69) is 24.0 Å². The van der Waals surface area contributed by atoms with Gasteiger partial charge in [0.25, 0.3) is 0 Å². The van der Waals surface area contributed by atoms with Crippen molar-refractivity contribution in [3.8, 4) is 0 Å². The standard InChI is InChI=1S/C16H25NO2/c1-3-4-8-12-17(14(2)16(18)19)13-11-15-9-6-5-7-10-15/h5-7,9-10,14H,3-4,8,11-13H2,1-2H3,(H,18,19)/t14-/m0/s1. The maximum absolute atomic E-state index is 11.1. The van der Waals surface area contributed by atoms with Crippen LogP contribution >= 0.6 is 0 Å². The summed E-state index contributed by atoms with van der Waals surface area (Å²) in [5, 5.41) is 9.16. The van der Waals surface area contributed by atoms with Gasteiger partial charge in [0.15, 0.2) is 0 Å². The molecule has 1 atom stereocenters. The van der Waals surface area contributed by atoms with Gasteiger partial charge in [-0.2, -0.15) is 0 Å². The second-order valence-electron chi connectivity index (χ2n) is 4.99. The Balaban J connectivity index is 2.50. The molecule has 0 amide bonds. The second kappa shape index (κ2) is 8.70. The Morgan fingerprint density at radius 3 is 2.47 bits per heavy atom. The summed E-state index contributed by atoms with van der Waals surface area (Å²) in [4.78, 5) is 13.2. The third-order valence-electron chi connectivity index (χ3n) is 3.48. The Labute approximate surface area is 116 Å². The number of rotatable bonds is 9. The lowest BCUT2D eigenvalue weighted by molar-refractivity contribution is -0.142. The van der Waals surface area contributed by atoms with E-state index in [9.17, 15) is 4.79 Å². The van der Waals surface area contributed by atoms with Crippen LogP contribution in [0.2, 0.25) is 0 Å². The Hall–Kier alpha value is -1.35. The monoisotopic (exact) mass is 263 g/mol. The van der Waals surface area contributed by atoms with Gasteiger partial charge in [-0.1, -0.05) is 50.1 Å². The summed E-state index contributed by atoms with van der Waals surface area (Å²) >= 11 is 0. The minimum absolute atomic E-state index is 0.402. The fourth-order valence-electron chi connectivity index (χ4n) is 2.14. The van der Waals surface area contributed by atoms with Gasteiger partial charge in [0.05, 0.1) is 0 Å². The summed E-state index contributed by atoms with van der Waals surface area (Å²) in [5.41, 5.74) is 1.26. The Kier molecular flexibility index (Phi) is 7.19. The maximum atomic E-state index is 11.1. The predicted octanol–water partition coefficient (Wildman–Crippen LogP) is 3.19. The molecule has 1 rings (SSSR count). The van der Waals surface area contributed by atoms with Crippen LogP contribution in [0.4, 0.5) is 0 Å². The molecule has 0 aromatic heterocycles. The maximum Gasteiger partial charge on any atom is 0.320 e. The van der Waals surface area contributed by atoms with Gasteiger partial charge in [0, 0.05) is 6.54 Å². The summed E-state index contributed by atoms with van der Waals surface area (Å²) in [6.45, 7) is 5.61. The zero-order valence-corrected chi connectivity index (χ0v) is 12.0. The van der Waals surface area contributed by atoms with Crippen LogP contribution in [0.25, 0.3) is 0 Å². The second-order valence-corrected chi connectivity index (χ2v) is 4.99. The van der Waals surface area contributed by atoms with Crippen LogP contribution in [0.15, 0.2) is 30.3 Å². The van der Waals surface area contributed by atoms with Gasteiger partial charge in [0.2, 0.25) is 0 Å². The van der Waals surface area contributed by atoms with Gasteiger partial charge in [-0.25, -0.2) is 0 Å². The van der Waals surface area contributed by atoms with Crippen molar-refractivity contribution >= 4 is 5.97 Å². The molecule has 1 aromatic rings. The van der Waals surface area contributed by atoms with E-state index in [0.29, 0.717) is 0 Å². The van der Waals surface area contributed by atoms with Crippen LogP contribution in [0, 0.1) is 0 Å². The number of unbranched alkanes of at least 4 members (excludes halogenated alkanes) is 2. The van der Waals surface area contributed by atoms with Crippen LogP contribution in [0.3, 0.4) is 0 Å². The Bertz CT molecular complexity index is 364. The van der Waals surface area contributed by atoms with Crippen molar-refractivity contribution in [1.29, 1.82) is 0 Å². The number of carbonyl (C=O) groups is 1. The first-order valence-electron chi connectivity index (χ1n) is 7.16. The lowest BCUT2D eigenvalue weighted by atomic mass is 10.1. The third-order valence-corrected chi connectivity index (χ3v) is 3.48. The van der Waals surface area contributed by atoms with E-state index in [1.54, 1.807) is 6.92 Å². The van der Waals surface area contributed by atoms with Gasteiger partial charge in [-0.3, -0.25) is 9.69 Å². The highest BCUT2D eigenvalue weighted by atomic mass is 16.4. The molecular weight excluding hydrogens is 238 g/mol.